The highest BCUT2D eigenvalue weighted by Gasteiger charge is 2.26. The lowest BCUT2D eigenvalue weighted by atomic mass is 10.1. The Morgan fingerprint density at radius 2 is 1.76 bits per heavy atom. The Labute approximate surface area is 126 Å². The van der Waals surface area contributed by atoms with Crippen LogP contribution in [0.15, 0.2) is 0 Å². The molecule has 1 fully saturated rings. The summed E-state index contributed by atoms with van der Waals surface area (Å²) < 4.78 is 0. The molecule has 5 nitrogen and oxygen atoms in total. The second-order valence-electron chi connectivity index (χ2n) is 6.11. The van der Waals surface area contributed by atoms with E-state index in [1.165, 1.54) is 31.2 Å². The molecule has 2 aliphatic rings. The smallest absolute Gasteiger partial charge is 0.219 e. The van der Waals surface area contributed by atoms with Gasteiger partial charge in [-0.2, -0.15) is 0 Å². The summed E-state index contributed by atoms with van der Waals surface area (Å²) in [5.74, 6) is 2.07. The molecule has 0 N–H and O–H groups in total. The summed E-state index contributed by atoms with van der Waals surface area (Å²) >= 11 is 0. The Morgan fingerprint density at radius 3 is 2.43 bits per heavy atom. The van der Waals surface area contributed by atoms with Crippen LogP contribution in [0, 0.1) is 6.92 Å². The number of carbonyl (C=O) groups is 1. The maximum Gasteiger partial charge on any atom is 0.219 e. The van der Waals surface area contributed by atoms with Gasteiger partial charge in [-0.3, -0.25) is 4.79 Å². The molecule has 0 bridgehead atoms. The third-order valence-electron chi connectivity index (χ3n) is 4.50. The number of aromatic nitrogens is 2. The minimum atomic E-state index is 0.142. The SMILES string of the molecule is CC(=O)N1CCc2nc(C)nc(N3CCCCCC3)c2C1. The molecule has 0 aromatic carbocycles. The van der Waals surface area contributed by atoms with Crippen LogP contribution in [0.3, 0.4) is 0 Å². The van der Waals surface area contributed by atoms with Crippen LogP contribution in [0.5, 0.6) is 0 Å². The van der Waals surface area contributed by atoms with Gasteiger partial charge in [-0.15, -0.1) is 0 Å². The Kier molecular flexibility index (Phi) is 4.08. The Balaban J connectivity index is 1.95. The summed E-state index contributed by atoms with van der Waals surface area (Å²) in [4.78, 5) is 25.3. The van der Waals surface area contributed by atoms with E-state index in [2.05, 4.69) is 9.88 Å². The third-order valence-corrected chi connectivity index (χ3v) is 4.50. The second-order valence-corrected chi connectivity index (χ2v) is 6.11. The van der Waals surface area contributed by atoms with Crippen molar-refractivity contribution in [1.82, 2.24) is 14.9 Å². The fraction of sp³-hybridized carbons (Fsp3) is 0.688. The van der Waals surface area contributed by atoms with E-state index in [1.807, 2.05) is 11.8 Å². The largest absolute Gasteiger partial charge is 0.356 e. The van der Waals surface area contributed by atoms with Gasteiger partial charge in [0.2, 0.25) is 5.91 Å². The standard InChI is InChI=1S/C16H24N4O/c1-12-17-15-7-10-20(13(2)21)11-14(15)16(18-12)19-8-5-3-4-6-9-19/h3-11H2,1-2H3. The van der Waals surface area contributed by atoms with Gasteiger partial charge in [-0.25, -0.2) is 9.97 Å². The number of anilines is 1. The molecule has 1 aromatic heterocycles. The number of rotatable bonds is 1. The lowest BCUT2D eigenvalue weighted by Crippen LogP contribution is -2.37. The molecule has 0 atom stereocenters. The van der Waals surface area contributed by atoms with Crippen molar-refractivity contribution < 1.29 is 4.79 Å². The fourth-order valence-electron chi connectivity index (χ4n) is 3.33. The van der Waals surface area contributed by atoms with Gasteiger partial charge in [-0.1, -0.05) is 12.8 Å². The summed E-state index contributed by atoms with van der Waals surface area (Å²) in [5.41, 5.74) is 2.31. The monoisotopic (exact) mass is 288 g/mol. The Hall–Kier alpha value is -1.65. The molecule has 0 aliphatic carbocycles. The lowest BCUT2D eigenvalue weighted by molar-refractivity contribution is -0.129. The van der Waals surface area contributed by atoms with E-state index in [4.69, 9.17) is 4.98 Å². The zero-order valence-corrected chi connectivity index (χ0v) is 13.1. The quantitative estimate of drug-likeness (QED) is 0.794. The molecule has 0 radical (unpaired) electrons. The highest BCUT2D eigenvalue weighted by Crippen LogP contribution is 2.28. The van der Waals surface area contributed by atoms with Crippen molar-refractivity contribution in [3.05, 3.63) is 17.1 Å². The number of fused-ring (bicyclic) bond motifs is 1. The number of carbonyl (C=O) groups excluding carboxylic acids is 1. The van der Waals surface area contributed by atoms with Gasteiger partial charge in [0.05, 0.1) is 12.2 Å². The molecule has 3 rings (SSSR count). The van der Waals surface area contributed by atoms with Crippen molar-refractivity contribution >= 4 is 11.7 Å². The molecule has 2 aliphatic heterocycles. The van der Waals surface area contributed by atoms with Gasteiger partial charge in [-0.05, 0) is 19.8 Å². The van der Waals surface area contributed by atoms with Gasteiger partial charge >= 0.3 is 0 Å². The maximum atomic E-state index is 11.7. The van der Waals surface area contributed by atoms with Crippen LogP contribution in [0.25, 0.3) is 0 Å². The molecular formula is C16H24N4O. The third kappa shape index (κ3) is 3.01. The molecule has 0 spiro atoms. The van der Waals surface area contributed by atoms with Gasteiger partial charge < -0.3 is 9.80 Å². The number of hydrogen-bond acceptors (Lipinski definition) is 4. The first kappa shape index (κ1) is 14.3. The lowest BCUT2D eigenvalue weighted by Gasteiger charge is -2.32. The van der Waals surface area contributed by atoms with Crippen LogP contribution in [0.2, 0.25) is 0 Å². The molecule has 1 aromatic rings. The van der Waals surface area contributed by atoms with Gasteiger partial charge in [0.25, 0.3) is 0 Å². The van der Waals surface area contributed by atoms with E-state index in [1.54, 1.807) is 6.92 Å². The predicted molar refractivity (Wildman–Crippen MR) is 82.2 cm³/mol. The van der Waals surface area contributed by atoms with Crippen LogP contribution in [0.1, 0.15) is 49.7 Å². The first-order chi connectivity index (χ1) is 10.1. The average Bonchev–Trinajstić information content (AvgIpc) is 2.74. The first-order valence-electron chi connectivity index (χ1n) is 8.02. The molecule has 1 amide bonds. The molecule has 0 unspecified atom stereocenters. The zero-order valence-electron chi connectivity index (χ0n) is 13.1. The first-order valence-corrected chi connectivity index (χ1v) is 8.02. The summed E-state index contributed by atoms with van der Waals surface area (Å²) in [7, 11) is 0. The van der Waals surface area contributed by atoms with Crippen molar-refractivity contribution in [3.8, 4) is 0 Å². The molecule has 1 saturated heterocycles. The van der Waals surface area contributed by atoms with Crippen molar-refractivity contribution in [2.75, 3.05) is 24.5 Å². The summed E-state index contributed by atoms with van der Waals surface area (Å²) in [6.45, 7) is 7.20. The van der Waals surface area contributed by atoms with E-state index < -0.39 is 0 Å². The van der Waals surface area contributed by atoms with E-state index in [-0.39, 0.29) is 5.91 Å². The predicted octanol–water partition coefficient (Wildman–Crippen LogP) is 2.07. The fourth-order valence-corrected chi connectivity index (χ4v) is 3.33. The van der Waals surface area contributed by atoms with Gasteiger partial charge in [0.15, 0.2) is 0 Å². The molecule has 5 heteroatoms. The van der Waals surface area contributed by atoms with Gasteiger partial charge in [0, 0.05) is 38.5 Å². The second kappa shape index (κ2) is 6.00. The van der Waals surface area contributed by atoms with Crippen molar-refractivity contribution in [2.24, 2.45) is 0 Å². The zero-order chi connectivity index (χ0) is 14.8. The van der Waals surface area contributed by atoms with Crippen LogP contribution in [-0.4, -0.2) is 40.4 Å². The highest BCUT2D eigenvalue weighted by atomic mass is 16.2. The number of nitrogens with zero attached hydrogens (tertiary/aromatic N) is 4. The highest BCUT2D eigenvalue weighted by molar-refractivity contribution is 5.74. The molecule has 21 heavy (non-hydrogen) atoms. The van der Waals surface area contributed by atoms with Crippen molar-refractivity contribution in [2.45, 2.75) is 52.5 Å². The molecule has 0 saturated carbocycles. The molecular weight excluding hydrogens is 264 g/mol. The van der Waals surface area contributed by atoms with E-state index in [0.29, 0.717) is 6.54 Å². The minimum Gasteiger partial charge on any atom is -0.356 e. The summed E-state index contributed by atoms with van der Waals surface area (Å²) in [5, 5.41) is 0. The van der Waals surface area contributed by atoms with Gasteiger partial charge in [0.1, 0.15) is 11.6 Å². The Morgan fingerprint density at radius 1 is 1.05 bits per heavy atom. The summed E-state index contributed by atoms with van der Waals surface area (Å²) in [6, 6.07) is 0. The number of aryl methyl sites for hydroxylation is 1. The average molecular weight is 288 g/mol. The summed E-state index contributed by atoms with van der Waals surface area (Å²) in [6.07, 6.45) is 5.92. The number of amides is 1. The van der Waals surface area contributed by atoms with Crippen LogP contribution >= 0.6 is 0 Å². The van der Waals surface area contributed by atoms with Crippen molar-refractivity contribution in [3.63, 3.8) is 0 Å². The van der Waals surface area contributed by atoms with Crippen LogP contribution < -0.4 is 4.90 Å². The minimum absolute atomic E-state index is 0.142. The topological polar surface area (TPSA) is 49.3 Å². The van der Waals surface area contributed by atoms with Crippen LogP contribution in [-0.2, 0) is 17.8 Å². The molecule has 114 valence electrons. The molecule has 3 heterocycles. The van der Waals surface area contributed by atoms with E-state index in [9.17, 15) is 4.79 Å². The number of hydrogen-bond donors (Lipinski definition) is 0. The maximum absolute atomic E-state index is 11.7. The normalized spacial score (nSPS) is 19.1. The van der Waals surface area contributed by atoms with Crippen molar-refractivity contribution in [1.29, 1.82) is 0 Å². The Bertz CT molecular complexity index is 535. The van der Waals surface area contributed by atoms with E-state index in [0.717, 1.165) is 43.4 Å². The van der Waals surface area contributed by atoms with Crippen LogP contribution in [0.4, 0.5) is 5.82 Å². The van der Waals surface area contributed by atoms with E-state index >= 15 is 0 Å².